The number of benzene rings is 1. The molecule has 0 spiro atoms. The highest BCUT2D eigenvalue weighted by atomic mass is 19.4. The molecule has 178 valence electrons. The normalized spacial score (nSPS) is 15.8. The molecule has 34 heavy (non-hydrogen) atoms. The van der Waals surface area contributed by atoms with E-state index in [4.69, 9.17) is 5.73 Å². The fraction of sp³-hybridized carbons (Fsp3) is 0.333. The summed E-state index contributed by atoms with van der Waals surface area (Å²) in [5, 5.41) is 4.12. The summed E-state index contributed by atoms with van der Waals surface area (Å²) in [7, 11) is 0. The van der Waals surface area contributed by atoms with Gasteiger partial charge in [0.1, 0.15) is 17.4 Å². The van der Waals surface area contributed by atoms with Crippen molar-refractivity contribution in [3.63, 3.8) is 0 Å². The highest BCUT2D eigenvalue weighted by Crippen LogP contribution is 2.28. The second kappa shape index (κ2) is 8.15. The third-order valence-electron chi connectivity index (χ3n) is 5.75. The van der Waals surface area contributed by atoms with Crippen LogP contribution < -0.4 is 15.4 Å². The predicted octanol–water partition coefficient (Wildman–Crippen LogP) is 2.51. The number of alkyl halides is 3. The molecule has 2 aromatic heterocycles. The molecule has 2 N–H and O–H groups in total. The van der Waals surface area contributed by atoms with Gasteiger partial charge in [0, 0.05) is 31.6 Å². The van der Waals surface area contributed by atoms with E-state index in [0.717, 1.165) is 18.2 Å². The summed E-state index contributed by atoms with van der Waals surface area (Å²) in [4.78, 5) is 25.2. The molecule has 1 amide bonds. The van der Waals surface area contributed by atoms with Crippen molar-refractivity contribution in [2.24, 2.45) is 0 Å². The molecule has 5 rings (SSSR count). The van der Waals surface area contributed by atoms with E-state index >= 15 is 0 Å². The van der Waals surface area contributed by atoms with Gasteiger partial charge in [-0.15, -0.1) is 18.3 Å². The van der Waals surface area contributed by atoms with Gasteiger partial charge in [-0.25, -0.2) is 9.07 Å². The monoisotopic (exact) mass is 477 g/mol. The van der Waals surface area contributed by atoms with Gasteiger partial charge in [0.15, 0.2) is 0 Å². The van der Waals surface area contributed by atoms with Crippen LogP contribution in [0.2, 0.25) is 0 Å². The summed E-state index contributed by atoms with van der Waals surface area (Å²) in [5.74, 6) is -0.747. The number of nitrogens with two attached hydrogens (primary N) is 1. The standard InChI is InChI=1S/C21H19F4N7O2/c22-16-2-1-14(34-21(23,24)25)7-12(16)10-31-4-3-17-15(19(31)33)8-13(9-27-17)30-5-6-32-18(11-30)28-20(26)29-32/h1-2,7-9H,3-6,10-11H2,(H2,26,29). The van der Waals surface area contributed by atoms with Crippen LogP contribution in [-0.4, -0.2) is 50.0 Å². The van der Waals surface area contributed by atoms with Crippen molar-refractivity contribution < 1.29 is 27.1 Å². The highest BCUT2D eigenvalue weighted by Gasteiger charge is 2.32. The Kier molecular flexibility index (Phi) is 5.25. The number of carbonyl (C=O) groups excluding carboxylic acids is 1. The van der Waals surface area contributed by atoms with Gasteiger partial charge >= 0.3 is 6.36 Å². The largest absolute Gasteiger partial charge is 0.573 e. The van der Waals surface area contributed by atoms with E-state index in [-0.39, 0.29) is 30.5 Å². The fourth-order valence-corrected chi connectivity index (χ4v) is 4.15. The second-order valence-corrected chi connectivity index (χ2v) is 8.00. The first-order valence-corrected chi connectivity index (χ1v) is 10.4. The van der Waals surface area contributed by atoms with Crippen LogP contribution in [0.1, 0.15) is 27.4 Å². The fourth-order valence-electron chi connectivity index (χ4n) is 4.15. The lowest BCUT2D eigenvalue weighted by Gasteiger charge is -2.31. The Labute approximate surface area is 190 Å². The molecule has 0 unspecified atom stereocenters. The molecule has 0 bridgehead atoms. The minimum atomic E-state index is -4.90. The molecule has 1 aromatic carbocycles. The number of pyridine rings is 1. The maximum absolute atomic E-state index is 14.3. The lowest BCUT2D eigenvalue weighted by molar-refractivity contribution is -0.274. The van der Waals surface area contributed by atoms with Crippen LogP contribution in [0.4, 0.5) is 29.2 Å². The number of ether oxygens (including phenoxy) is 1. The zero-order chi connectivity index (χ0) is 24.0. The van der Waals surface area contributed by atoms with Crippen molar-refractivity contribution in [3.05, 3.63) is 58.9 Å². The van der Waals surface area contributed by atoms with E-state index in [9.17, 15) is 22.4 Å². The van der Waals surface area contributed by atoms with E-state index in [1.54, 1.807) is 16.9 Å². The van der Waals surface area contributed by atoms with Crippen LogP contribution >= 0.6 is 0 Å². The molecular formula is C21H19F4N7O2. The molecule has 0 saturated carbocycles. The van der Waals surface area contributed by atoms with Crippen LogP contribution in [0.5, 0.6) is 5.75 Å². The number of rotatable bonds is 4. The quantitative estimate of drug-likeness (QED) is 0.576. The minimum absolute atomic E-state index is 0.0735. The van der Waals surface area contributed by atoms with Gasteiger partial charge in [-0.1, -0.05) is 0 Å². The van der Waals surface area contributed by atoms with Crippen molar-refractivity contribution in [2.75, 3.05) is 23.7 Å². The Hall–Kier alpha value is -3.90. The Morgan fingerprint density at radius 3 is 2.76 bits per heavy atom. The summed E-state index contributed by atoms with van der Waals surface area (Å²) >= 11 is 0. The summed E-state index contributed by atoms with van der Waals surface area (Å²) in [6, 6.07) is 4.46. The summed E-state index contributed by atoms with van der Waals surface area (Å²) in [5.41, 5.74) is 7.30. The number of fused-ring (bicyclic) bond motifs is 2. The molecule has 0 aliphatic carbocycles. The van der Waals surface area contributed by atoms with Crippen molar-refractivity contribution in [2.45, 2.75) is 32.4 Å². The average Bonchev–Trinajstić information content (AvgIpc) is 3.16. The summed E-state index contributed by atoms with van der Waals surface area (Å²) < 4.78 is 57.5. The molecule has 13 heteroatoms. The van der Waals surface area contributed by atoms with Gasteiger partial charge in [0.05, 0.1) is 36.2 Å². The first kappa shape index (κ1) is 21.9. The summed E-state index contributed by atoms with van der Waals surface area (Å²) in [6.45, 7) is 1.70. The number of carbonyl (C=O) groups is 1. The van der Waals surface area contributed by atoms with Gasteiger partial charge in [-0.3, -0.25) is 9.78 Å². The predicted molar refractivity (Wildman–Crippen MR) is 111 cm³/mol. The molecule has 9 nitrogen and oxygen atoms in total. The number of nitrogens with zero attached hydrogens (tertiary/aromatic N) is 6. The van der Waals surface area contributed by atoms with Crippen LogP contribution in [0.3, 0.4) is 0 Å². The Morgan fingerprint density at radius 2 is 1.97 bits per heavy atom. The number of aromatic nitrogens is 4. The van der Waals surface area contributed by atoms with Crippen molar-refractivity contribution in [1.82, 2.24) is 24.6 Å². The van der Waals surface area contributed by atoms with Gasteiger partial charge in [0.25, 0.3) is 5.91 Å². The molecule has 0 atom stereocenters. The Balaban J connectivity index is 1.36. The first-order chi connectivity index (χ1) is 16.2. The molecule has 2 aliphatic rings. The molecule has 4 heterocycles. The maximum Gasteiger partial charge on any atom is 0.573 e. The lowest BCUT2D eigenvalue weighted by Crippen LogP contribution is -2.38. The molecule has 0 saturated heterocycles. The SMILES string of the molecule is Nc1nc2n(n1)CCN(c1cnc3c(c1)C(=O)N(Cc1cc(OC(F)(F)F)ccc1F)CC3)C2. The number of nitrogen functional groups attached to an aromatic ring is 1. The van der Waals surface area contributed by atoms with Crippen molar-refractivity contribution in [3.8, 4) is 5.75 Å². The molecule has 0 fully saturated rings. The number of hydrogen-bond donors (Lipinski definition) is 1. The van der Waals surface area contributed by atoms with Crippen molar-refractivity contribution in [1.29, 1.82) is 0 Å². The van der Waals surface area contributed by atoms with Crippen LogP contribution in [0.25, 0.3) is 0 Å². The second-order valence-electron chi connectivity index (χ2n) is 8.00. The number of hydrogen-bond acceptors (Lipinski definition) is 7. The van der Waals surface area contributed by atoms with Gasteiger partial charge in [-0.05, 0) is 24.3 Å². The molecular weight excluding hydrogens is 458 g/mol. The average molecular weight is 477 g/mol. The summed E-state index contributed by atoms with van der Waals surface area (Å²) in [6.07, 6.45) is -2.77. The highest BCUT2D eigenvalue weighted by molar-refractivity contribution is 5.97. The van der Waals surface area contributed by atoms with Crippen molar-refractivity contribution >= 4 is 17.5 Å². The third-order valence-corrected chi connectivity index (χ3v) is 5.75. The minimum Gasteiger partial charge on any atom is -0.406 e. The third kappa shape index (κ3) is 4.32. The van der Waals surface area contributed by atoms with Gasteiger partial charge < -0.3 is 20.3 Å². The van der Waals surface area contributed by atoms with Gasteiger partial charge in [-0.2, -0.15) is 4.98 Å². The van der Waals surface area contributed by atoms with E-state index in [0.29, 0.717) is 48.8 Å². The van der Waals surface area contributed by atoms with E-state index in [1.807, 2.05) is 4.90 Å². The van der Waals surface area contributed by atoms with E-state index in [1.165, 1.54) is 4.90 Å². The van der Waals surface area contributed by atoms with E-state index < -0.39 is 17.9 Å². The topological polar surface area (TPSA) is 102 Å². The van der Waals surface area contributed by atoms with E-state index in [2.05, 4.69) is 19.8 Å². The molecule has 3 aromatic rings. The number of amides is 1. The van der Waals surface area contributed by atoms with Crippen LogP contribution in [-0.2, 0) is 26.1 Å². The zero-order valence-corrected chi connectivity index (χ0v) is 17.7. The number of halogens is 4. The van der Waals surface area contributed by atoms with Crippen LogP contribution in [0, 0.1) is 5.82 Å². The van der Waals surface area contributed by atoms with Gasteiger partial charge in [0.2, 0.25) is 5.95 Å². The molecule has 0 radical (unpaired) electrons. The lowest BCUT2D eigenvalue weighted by atomic mass is 10.0. The first-order valence-electron chi connectivity index (χ1n) is 10.4. The molecule has 2 aliphatic heterocycles. The Morgan fingerprint density at radius 1 is 1.15 bits per heavy atom. The zero-order valence-electron chi connectivity index (χ0n) is 17.7. The Bertz CT molecular complexity index is 1260. The number of anilines is 2. The smallest absolute Gasteiger partial charge is 0.406 e. The maximum atomic E-state index is 14.3. The van der Waals surface area contributed by atoms with Crippen LogP contribution in [0.15, 0.2) is 30.5 Å².